The summed E-state index contributed by atoms with van der Waals surface area (Å²) in [4.78, 5) is 13.7. The van der Waals surface area contributed by atoms with E-state index in [9.17, 15) is 4.79 Å². The minimum absolute atomic E-state index is 0.176. The van der Waals surface area contributed by atoms with Crippen LogP contribution in [0.1, 0.15) is 34.1 Å². The highest BCUT2D eigenvalue weighted by Crippen LogP contribution is 2.13. The highest BCUT2D eigenvalue weighted by Gasteiger charge is 2.25. The van der Waals surface area contributed by atoms with E-state index in [1.807, 2.05) is 18.7 Å². The van der Waals surface area contributed by atoms with E-state index in [0.717, 1.165) is 13.1 Å². The second-order valence-corrected chi connectivity index (χ2v) is 4.65. The van der Waals surface area contributed by atoms with Crippen LogP contribution in [-0.4, -0.2) is 36.1 Å². The molecule has 0 bridgehead atoms. The molecular weight excluding hydrogens is 178 g/mol. The third-order valence-electron chi connectivity index (χ3n) is 2.36. The van der Waals surface area contributed by atoms with Crippen LogP contribution in [0.3, 0.4) is 0 Å². The summed E-state index contributed by atoms with van der Waals surface area (Å²) >= 11 is 0. The van der Waals surface area contributed by atoms with Crippen molar-refractivity contribution < 1.29 is 9.53 Å². The van der Waals surface area contributed by atoms with Crippen molar-refractivity contribution >= 4 is 5.91 Å². The van der Waals surface area contributed by atoms with Gasteiger partial charge in [-0.15, -0.1) is 0 Å². The maximum atomic E-state index is 11.8. The van der Waals surface area contributed by atoms with Gasteiger partial charge < -0.3 is 9.64 Å². The minimum atomic E-state index is 0.176. The molecule has 1 saturated heterocycles. The Bertz CT molecular complexity index is 193. The number of ether oxygens (including phenoxy) is 1. The fourth-order valence-electron chi connectivity index (χ4n) is 1.86. The summed E-state index contributed by atoms with van der Waals surface area (Å²) in [5, 5.41) is 0. The number of carbonyl (C=O) groups excluding carboxylic acids is 1. The molecule has 0 unspecified atom stereocenters. The molecule has 1 aliphatic rings. The van der Waals surface area contributed by atoms with Crippen LogP contribution in [0.4, 0.5) is 0 Å². The summed E-state index contributed by atoms with van der Waals surface area (Å²) in [6.45, 7) is 9.68. The molecule has 3 nitrogen and oxygen atoms in total. The largest absolute Gasteiger partial charge is 0.372 e. The van der Waals surface area contributed by atoms with Crippen LogP contribution >= 0.6 is 0 Å². The normalized spacial score (nSPS) is 28.2. The van der Waals surface area contributed by atoms with Crippen molar-refractivity contribution in [2.24, 2.45) is 5.92 Å². The number of rotatable bonds is 2. The molecule has 0 saturated carbocycles. The molecule has 0 N–H and O–H groups in total. The van der Waals surface area contributed by atoms with E-state index < -0.39 is 0 Å². The van der Waals surface area contributed by atoms with Crippen molar-refractivity contribution in [2.75, 3.05) is 13.1 Å². The standard InChI is InChI=1S/C11H21NO2/c1-8(2)5-11(13)12-6-9(3)14-10(4)7-12/h8-10H,5-7H2,1-4H3/t9-,10+. The molecule has 1 aliphatic heterocycles. The number of hydrogen-bond acceptors (Lipinski definition) is 2. The van der Waals surface area contributed by atoms with Gasteiger partial charge in [0.2, 0.25) is 5.91 Å². The van der Waals surface area contributed by atoms with E-state index in [-0.39, 0.29) is 18.1 Å². The minimum Gasteiger partial charge on any atom is -0.372 e. The molecule has 14 heavy (non-hydrogen) atoms. The number of morpholine rings is 1. The third-order valence-corrected chi connectivity index (χ3v) is 2.36. The van der Waals surface area contributed by atoms with Crippen LogP contribution in [0.2, 0.25) is 0 Å². The molecule has 0 aliphatic carbocycles. The number of carbonyl (C=O) groups is 1. The monoisotopic (exact) mass is 199 g/mol. The van der Waals surface area contributed by atoms with Gasteiger partial charge >= 0.3 is 0 Å². The van der Waals surface area contributed by atoms with Gasteiger partial charge in [0.05, 0.1) is 12.2 Å². The van der Waals surface area contributed by atoms with Gasteiger partial charge in [0.15, 0.2) is 0 Å². The predicted octanol–water partition coefficient (Wildman–Crippen LogP) is 1.67. The Morgan fingerprint density at radius 2 is 1.86 bits per heavy atom. The zero-order valence-electron chi connectivity index (χ0n) is 9.62. The second-order valence-electron chi connectivity index (χ2n) is 4.65. The van der Waals surface area contributed by atoms with Gasteiger partial charge in [0.1, 0.15) is 0 Å². The first-order valence-electron chi connectivity index (χ1n) is 5.42. The third kappa shape index (κ3) is 3.29. The molecule has 1 fully saturated rings. The first-order valence-corrected chi connectivity index (χ1v) is 5.42. The van der Waals surface area contributed by atoms with E-state index in [2.05, 4.69) is 13.8 Å². The van der Waals surface area contributed by atoms with Crippen LogP contribution in [-0.2, 0) is 9.53 Å². The molecule has 0 aromatic carbocycles. The molecule has 2 atom stereocenters. The lowest BCUT2D eigenvalue weighted by atomic mass is 10.1. The maximum Gasteiger partial charge on any atom is 0.223 e. The van der Waals surface area contributed by atoms with Gasteiger partial charge in [-0.3, -0.25) is 4.79 Å². The Hall–Kier alpha value is -0.570. The number of nitrogens with zero attached hydrogens (tertiary/aromatic N) is 1. The summed E-state index contributed by atoms with van der Waals surface area (Å²) in [5.41, 5.74) is 0. The average Bonchev–Trinajstić information content (AvgIpc) is 2.00. The lowest BCUT2D eigenvalue weighted by Crippen LogP contribution is -2.48. The van der Waals surface area contributed by atoms with Gasteiger partial charge in [-0.2, -0.15) is 0 Å². The summed E-state index contributed by atoms with van der Waals surface area (Å²) in [5.74, 6) is 0.706. The smallest absolute Gasteiger partial charge is 0.223 e. The van der Waals surface area contributed by atoms with Crippen molar-refractivity contribution in [3.05, 3.63) is 0 Å². The Morgan fingerprint density at radius 1 is 1.36 bits per heavy atom. The molecule has 0 aromatic rings. The molecule has 1 rings (SSSR count). The van der Waals surface area contributed by atoms with Gasteiger partial charge in [0.25, 0.3) is 0 Å². The number of hydrogen-bond donors (Lipinski definition) is 0. The summed E-state index contributed by atoms with van der Waals surface area (Å²) in [7, 11) is 0. The predicted molar refractivity (Wildman–Crippen MR) is 56.0 cm³/mol. The van der Waals surface area contributed by atoms with Gasteiger partial charge in [-0.25, -0.2) is 0 Å². The molecule has 3 heteroatoms. The highest BCUT2D eigenvalue weighted by molar-refractivity contribution is 5.76. The van der Waals surface area contributed by atoms with Gasteiger partial charge in [-0.1, -0.05) is 13.8 Å². The van der Waals surface area contributed by atoms with E-state index in [1.165, 1.54) is 0 Å². The quantitative estimate of drug-likeness (QED) is 0.677. The average molecular weight is 199 g/mol. The van der Waals surface area contributed by atoms with Gasteiger partial charge in [-0.05, 0) is 19.8 Å². The molecule has 1 amide bonds. The fraction of sp³-hybridized carbons (Fsp3) is 0.909. The molecule has 82 valence electrons. The van der Waals surface area contributed by atoms with Crippen LogP contribution in [0.15, 0.2) is 0 Å². The molecule has 0 spiro atoms. The van der Waals surface area contributed by atoms with E-state index in [4.69, 9.17) is 4.74 Å². The summed E-state index contributed by atoms with van der Waals surface area (Å²) in [6, 6.07) is 0. The maximum absolute atomic E-state index is 11.8. The van der Waals surface area contributed by atoms with Crippen molar-refractivity contribution in [3.63, 3.8) is 0 Å². The van der Waals surface area contributed by atoms with Crippen LogP contribution < -0.4 is 0 Å². The van der Waals surface area contributed by atoms with Crippen molar-refractivity contribution in [1.29, 1.82) is 0 Å². The number of amides is 1. The first-order chi connectivity index (χ1) is 6.49. The van der Waals surface area contributed by atoms with E-state index >= 15 is 0 Å². The Morgan fingerprint density at radius 3 is 2.29 bits per heavy atom. The molecule has 0 aromatic heterocycles. The topological polar surface area (TPSA) is 29.5 Å². The van der Waals surface area contributed by atoms with Crippen molar-refractivity contribution in [2.45, 2.75) is 46.3 Å². The molecule has 1 heterocycles. The second kappa shape index (κ2) is 4.78. The Balaban J connectivity index is 2.46. The lowest BCUT2D eigenvalue weighted by Gasteiger charge is -2.35. The highest BCUT2D eigenvalue weighted by atomic mass is 16.5. The Kier molecular flexibility index (Phi) is 3.93. The fourth-order valence-corrected chi connectivity index (χ4v) is 1.86. The lowest BCUT2D eigenvalue weighted by molar-refractivity contribution is -0.143. The van der Waals surface area contributed by atoms with Crippen molar-refractivity contribution in [3.8, 4) is 0 Å². The van der Waals surface area contributed by atoms with E-state index in [0.29, 0.717) is 12.3 Å². The van der Waals surface area contributed by atoms with Crippen LogP contribution in [0.25, 0.3) is 0 Å². The zero-order valence-corrected chi connectivity index (χ0v) is 9.62. The molecule has 0 radical (unpaired) electrons. The van der Waals surface area contributed by atoms with E-state index in [1.54, 1.807) is 0 Å². The summed E-state index contributed by atoms with van der Waals surface area (Å²) in [6.07, 6.45) is 1.00. The SMILES string of the molecule is CC(C)CC(=O)N1C[C@@H](C)O[C@@H](C)C1. The first kappa shape index (κ1) is 11.5. The molecular formula is C11H21NO2. The summed E-state index contributed by atoms with van der Waals surface area (Å²) < 4.78 is 5.58. The van der Waals surface area contributed by atoms with Crippen molar-refractivity contribution in [1.82, 2.24) is 4.90 Å². The van der Waals surface area contributed by atoms with Crippen LogP contribution in [0.5, 0.6) is 0 Å². The zero-order chi connectivity index (χ0) is 10.7. The van der Waals surface area contributed by atoms with Crippen LogP contribution in [0, 0.1) is 5.92 Å². The van der Waals surface area contributed by atoms with Gasteiger partial charge in [0, 0.05) is 19.5 Å². The Labute approximate surface area is 86.4 Å².